The molecule has 1 atom stereocenters. The van der Waals surface area contributed by atoms with Gasteiger partial charge in [0.1, 0.15) is 0 Å². The van der Waals surface area contributed by atoms with Gasteiger partial charge in [0.05, 0.1) is 13.2 Å². The molecule has 1 aliphatic rings. The summed E-state index contributed by atoms with van der Waals surface area (Å²) in [4.78, 5) is 4.47. The van der Waals surface area contributed by atoms with Gasteiger partial charge in [-0.2, -0.15) is 0 Å². The van der Waals surface area contributed by atoms with Gasteiger partial charge in [-0.15, -0.1) is 24.0 Å². The number of guanidine groups is 1. The van der Waals surface area contributed by atoms with Crippen LogP contribution in [0.4, 0.5) is 5.69 Å². The Balaban J connectivity index is 0.00000264. The Hall–Kier alpha value is -1.22. The zero-order chi connectivity index (χ0) is 15.8. The highest BCUT2D eigenvalue weighted by molar-refractivity contribution is 14.0. The van der Waals surface area contributed by atoms with Crippen LogP contribution in [0, 0.1) is 5.92 Å². The molecule has 0 spiro atoms. The van der Waals surface area contributed by atoms with Crippen LogP contribution in [0.15, 0.2) is 23.2 Å². The predicted molar refractivity (Wildman–Crippen MR) is 103 cm³/mol. The smallest absolute Gasteiger partial charge is 0.195 e. The van der Waals surface area contributed by atoms with Gasteiger partial charge in [-0.05, 0) is 25.0 Å². The van der Waals surface area contributed by atoms with Crippen LogP contribution in [-0.2, 0) is 0 Å². The number of rotatable bonds is 5. The first-order chi connectivity index (χ1) is 10.7. The van der Waals surface area contributed by atoms with Crippen LogP contribution in [0.1, 0.15) is 20.3 Å². The zero-order valence-corrected chi connectivity index (χ0v) is 16.0. The summed E-state index contributed by atoms with van der Waals surface area (Å²) in [5.41, 5.74) is 0.889. The number of aliphatic imine (C=N–C) groups is 1. The Kier molecular flexibility index (Phi) is 9.08. The zero-order valence-electron chi connectivity index (χ0n) is 13.7. The maximum absolute atomic E-state index is 9.09. The van der Waals surface area contributed by atoms with E-state index in [1.165, 1.54) is 0 Å². The van der Waals surface area contributed by atoms with Crippen molar-refractivity contribution in [3.8, 4) is 11.5 Å². The van der Waals surface area contributed by atoms with E-state index in [0.717, 1.165) is 30.2 Å². The molecule has 0 aliphatic carbocycles. The molecule has 7 heteroatoms. The molecule has 0 fully saturated rings. The number of benzene rings is 1. The summed E-state index contributed by atoms with van der Waals surface area (Å²) < 4.78 is 11.3. The fraction of sp³-hybridized carbons (Fsp3) is 0.562. The number of anilines is 1. The number of hydrogen-bond donors (Lipinski definition) is 3. The van der Waals surface area contributed by atoms with Crippen LogP contribution in [0.2, 0.25) is 0 Å². The van der Waals surface area contributed by atoms with Crippen molar-refractivity contribution in [2.24, 2.45) is 10.9 Å². The Bertz CT molecular complexity index is 511. The Morgan fingerprint density at radius 3 is 2.74 bits per heavy atom. The molecule has 0 saturated heterocycles. The minimum Gasteiger partial charge on any atom is -0.490 e. The molecule has 0 aromatic heterocycles. The topological polar surface area (TPSA) is 75.1 Å². The predicted octanol–water partition coefficient (Wildman–Crippen LogP) is 2.47. The van der Waals surface area contributed by atoms with Crippen LogP contribution in [0.25, 0.3) is 0 Å². The van der Waals surface area contributed by atoms with E-state index in [0.29, 0.717) is 25.7 Å². The number of hydrogen-bond acceptors (Lipinski definition) is 4. The van der Waals surface area contributed by atoms with Crippen LogP contribution < -0.4 is 20.1 Å². The van der Waals surface area contributed by atoms with Crippen molar-refractivity contribution < 1.29 is 14.6 Å². The van der Waals surface area contributed by atoms with Crippen molar-refractivity contribution in [2.75, 3.05) is 38.2 Å². The SMILES string of the molecule is CCNC(=NCC(C)CO)Nc1ccc2c(c1)OCCCO2.I. The molecular formula is C16H26IN3O3. The first kappa shape index (κ1) is 19.8. The maximum Gasteiger partial charge on any atom is 0.195 e. The van der Waals surface area contributed by atoms with Gasteiger partial charge in [-0.25, -0.2) is 0 Å². The third-order valence-electron chi connectivity index (χ3n) is 3.23. The van der Waals surface area contributed by atoms with E-state index < -0.39 is 0 Å². The van der Waals surface area contributed by atoms with Gasteiger partial charge in [0.15, 0.2) is 17.5 Å². The summed E-state index contributed by atoms with van der Waals surface area (Å²) in [5.74, 6) is 2.36. The third kappa shape index (κ3) is 6.42. The van der Waals surface area contributed by atoms with Gasteiger partial charge in [0.25, 0.3) is 0 Å². The fourth-order valence-electron chi connectivity index (χ4n) is 1.99. The van der Waals surface area contributed by atoms with Crippen LogP contribution in [-0.4, -0.2) is 44.0 Å². The van der Waals surface area contributed by atoms with Gasteiger partial charge in [-0.1, -0.05) is 6.92 Å². The van der Waals surface area contributed by atoms with E-state index in [4.69, 9.17) is 14.6 Å². The summed E-state index contributed by atoms with van der Waals surface area (Å²) in [6.45, 7) is 6.79. The first-order valence-corrected chi connectivity index (χ1v) is 7.78. The van der Waals surface area contributed by atoms with Crippen molar-refractivity contribution in [1.29, 1.82) is 0 Å². The second-order valence-electron chi connectivity index (χ2n) is 5.34. The second kappa shape index (κ2) is 10.5. The largest absolute Gasteiger partial charge is 0.490 e. The van der Waals surface area contributed by atoms with Crippen molar-refractivity contribution in [2.45, 2.75) is 20.3 Å². The lowest BCUT2D eigenvalue weighted by Crippen LogP contribution is -2.31. The molecule has 1 aromatic rings. The molecule has 3 N–H and O–H groups in total. The lowest BCUT2D eigenvalue weighted by Gasteiger charge is -2.14. The lowest BCUT2D eigenvalue weighted by molar-refractivity contribution is 0.241. The number of fused-ring (bicyclic) bond motifs is 1. The molecule has 0 amide bonds. The Labute approximate surface area is 154 Å². The third-order valence-corrected chi connectivity index (χ3v) is 3.23. The minimum atomic E-state index is 0. The Morgan fingerprint density at radius 1 is 1.30 bits per heavy atom. The molecule has 1 aliphatic heterocycles. The monoisotopic (exact) mass is 435 g/mol. The van der Waals surface area contributed by atoms with Crippen LogP contribution in [0.3, 0.4) is 0 Å². The molecule has 0 bridgehead atoms. The van der Waals surface area contributed by atoms with Gasteiger partial charge in [0, 0.05) is 37.9 Å². The van der Waals surface area contributed by atoms with Crippen molar-refractivity contribution in [1.82, 2.24) is 5.32 Å². The molecular weight excluding hydrogens is 409 g/mol. The van der Waals surface area contributed by atoms with Crippen molar-refractivity contribution in [3.63, 3.8) is 0 Å². The van der Waals surface area contributed by atoms with E-state index >= 15 is 0 Å². The second-order valence-corrected chi connectivity index (χ2v) is 5.34. The van der Waals surface area contributed by atoms with E-state index in [-0.39, 0.29) is 36.5 Å². The van der Waals surface area contributed by atoms with Crippen LogP contribution in [0.5, 0.6) is 11.5 Å². The van der Waals surface area contributed by atoms with Crippen molar-refractivity contribution >= 4 is 35.6 Å². The average Bonchev–Trinajstić information content (AvgIpc) is 2.77. The molecule has 1 aromatic carbocycles. The molecule has 23 heavy (non-hydrogen) atoms. The summed E-state index contributed by atoms with van der Waals surface area (Å²) in [6, 6.07) is 5.77. The number of nitrogens with one attached hydrogen (secondary N) is 2. The van der Waals surface area contributed by atoms with Gasteiger partial charge < -0.3 is 25.2 Å². The fourth-order valence-corrected chi connectivity index (χ4v) is 1.99. The molecule has 2 rings (SSSR count). The minimum absolute atomic E-state index is 0. The molecule has 130 valence electrons. The summed E-state index contributed by atoms with van der Waals surface area (Å²) >= 11 is 0. The summed E-state index contributed by atoms with van der Waals surface area (Å²) in [5, 5.41) is 15.5. The van der Waals surface area contributed by atoms with Crippen LogP contribution >= 0.6 is 24.0 Å². The highest BCUT2D eigenvalue weighted by Gasteiger charge is 2.11. The van der Waals surface area contributed by atoms with E-state index in [1.54, 1.807) is 0 Å². The normalized spacial score (nSPS) is 15.2. The van der Waals surface area contributed by atoms with E-state index in [2.05, 4.69) is 15.6 Å². The summed E-state index contributed by atoms with van der Waals surface area (Å²) in [6.07, 6.45) is 0.889. The number of nitrogens with zero attached hydrogens (tertiary/aromatic N) is 1. The summed E-state index contributed by atoms with van der Waals surface area (Å²) in [7, 11) is 0. The molecule has 0 saturated carbocycles. The molecule has 0 radical (unpaired) electrons. The lowest BCUT2D eigenvalue weighted by atomic mass is 10.2. The maximum atomic E-state index is 9.09. The van der Waals surface area contributed by atoms with Crippen molar-refractivity contribution in [3.05, 3.63) is 18.2 Å². The highest BCUT2D eigenvalue weighted by atomic mass is 127. The first-order valence-electron chi connectivity index (χ1n) is 7.78. The number of aliphatic hydroxyl groups excluding tert-OH is 1. The molecule has 1 unspecified atom stereocenters. The number of ether oxygens (including phenoxy) is 2. The van der Waals surface area contributed by atoms with Gasteiger partial charge >= 0.3 is 0 Å². The number of aliphatic hydroxyl groups is 1. The molecule has 6 nitrogen and oxygen atoms in total. The molecule has 1 heterocycles. The van der Waals surface area contributed by atoms with Gasteiger partial charge in [-0.3, -0.25) is 4.99 Å². The Morgan fingerprint density at radius 2 is 2.04 bits per heavy atom. The quantitative estimate of drug-likeness (QED) is 0.377. The average molecular weight is 435 g/mol. The number of halogens is 1. The highest BCUT2D eigenvalue weighted by Crippen LogP contribution is 2.32. The van der Waals surface area contributed by atoms with E-state index in [9.17, 15) is 0 Å². The van der Waals surface area contributed by atoms with E-state index in [1.807, 2.05) is 32.0 Å². The van der Waals surface area contributed by atoms with Gasteiger partial charge in [0.2, 0.25) is 0 Å². The standard InChI is InChI=1S/C16H25N3O3.HI/c1-3-17-16(18-10-12(2)11-20)19-13-5-6-14-15(9-13)22-8-4-7-21-14;/h5-6,9,12,20H,3-4,7-8,10-11H2,1-2H3,(H2,17,18,19);1H.